The Balaban J connectivity index is 1.75. The lowest BCUT2D eigenvalue weighted by Gasteiger charge is -2.33. The molecular weight excluding hydrogens is 373 g/mol. The summed E-state index contributed by atoms with van der Waals surface area (Å²) in [6, 6.07) is 5.37. The van der Waals surface area contributed by atoms with Gasteiger partial charge in [-0.15, -0.1) is 0 Å². The Morgan fingerprint density at radius 3 is 2.52 bits per heavy atom. The Morgan fingerprint density at radius 1 is 1.22 bits per heavy atom. The number of piperazine rings is 1. The fourth-order valence-corrected chi connectivity index (χ4v) is 4.29. The van der Waals surface area contributed by atoms with Crippen LogP contribution < -0.4 is 5.32 Å². The van der Waals surface area contributed by atoms with Crippen molar-refractivity contribution >= 4 is 15.9 Å². The van der Waals surface area contributed by atoms with Gasteiger partial charge in [-0.05, 0) is 32.4 Å². The number of benzene rings is 1. The normalized spacial score (nSPS) is 16.6. The molecule has 1 aromatic carbocycles. The van der Waals surface area contributed by atoms with E-state index in [4.69, 9.17) is 4.74 Å². The zero-order chi connectivity index (χ0) is 19.9. The number of rotatable bonds is 9. The van der Waals surface area contributed by atoms with Crippen molar-refractivity contribution in [3.63, 3.8) is 0 Å². The van der Waals surface area contributed by atoms with Crippen LogP contribution in [0.2, 0.25) is 0 Å². The minimum Gasteiger partial charge on any atom is -0.379 e. The molecule has 1 aliphatic rings. The summed E-state index contributed by atoms with van der Waals surface area (Å²) >= 11 is 0. The number of amides is 1. The monoisotopic (exact) mass is 401 g/mol. The maximum atomic E-state index is 13.8. The van der Waals surface area contributed by atoms with E-state index in [1.54, 1.807) is 0 Å². The van der Waals surface area contributed by atoms with Crippen LogP contribution in [0.15, 0.2) is 29.2 Å². The van der Waals surface area contributed by atoms with Crippen molar-refractivity contribution in [2.75, 3.05) is 45.9 Å². The van der Waals surface area contributed by atoms with Gasteiger partial charge in [-0.2, -0.15) is 4.31 Å². The number of nitrogens with one attached hydrogen (secondary N) is 1. The van der Waals surface area contributed by atoms with Gasteiger partial charge >= 0.3 is 0 Å². The molecule has 1 heterocycles. The van der Waals surface area contributed by atoms with Gasteiger partial charge in [0.1, 0.15) is 10.7 Å². The SMILES string of the molecule is CC(C)OCCCNC(=O)CN1CCN(S(=O)(=O)c2ccccc2F)CC1. The Bertz CT molecular complexity index is 719. The first-order valence-electron chi connectivity index (χ1n) is 9.16. The predicted molar refractivity (Wildman–Crippen MR) is 100 cm³/mol. The van der Waals surface area contributed by atoms with Crippen molar-refractivity contribution in [3.8, 4) is 0 Å². The summed E-state index contributed by atoms with van der Waals surface area (Å²) in [4.78, 5) is 13.6. The molecule has 0 aromatic heterocycles. The molecule has 1 aromatic rings. The van der Waals surface area contributed by atoms with Crippen LogP contribution in [0, 0.1) is 5.82 Å². The molecule has 2 rings (SSSR count). The van der Waals surface area contributed by atoms with E-state index in [0.29, 0.717) is 26.2 Å². The quantitative estimate of drug-likeness (QED) is 0.626. The lowest BCUT2D eigenvalue weighted by Crippen LogP contribution is -2.51. The molecule has 152 valence electrons. The topological polar surface area (TPSA) is 79.0 Å². The molecule has 1 aliphatic heterocycles. The van der Waals surface area contributed by atoms with Crippen molar-refractivity contribution < 1.29 is 22.3 Å². The van der Waals surface area contributed by atoms with Gasteiger partial charge in [0.2, 0.25) is 15.9 Å². The molecule has 1 amide bonds. The van der Waals surface area contributed by atoms with Crippen LogP contribution in [0.5, 0.6) is 0 Å². The summed E-state index contributed by atoms with van der Waals surface area (Å²) in [5.41, 5.74) is 0. The third-order valence-corrected chi connectivity index (χ3v) is 6.18. The molecule has 0 unspecified atom stereocenters. The first-order valence-corrected chi connectivity index (χ1v) is 10.6. The highest BCUT2D eigenvalue weighted by Crippen LogP contribution is 2.20. The van der Waals surface area contributed by atoms with E-state index < -0.39 is 15.8 Å². The summed E-state index contributed by atoms with van der Waals surface area (Å²) in [6.45, 7) is 6.61. The molecule has 0 atom stereocenters. The first-order chi connectivity index (χ1) is 12.8. The Labute approximate surface area is 160 Å². The van der Waals surface area contributed by atoms with E-state index in [0.717, 1.165) is 12.5 Å². The van der Waals surface area contributed by atoms with Crippen LogP contribution in [0.1, 0.15) is 20.3 Å². The largest absolute Gasteiger partial charge is 0.379 e. The summed E-state index contributed by atoms with van der Waals surface area (Å²) in [7, 11) is -3.85. The van der Waals surface area contributed by atoms with Crippen LogP contribution in [-0.4, -0.2) is 75.5 Å². The number of carbonyl (C=O) groups excluding carboxylic acids is 1. The maximum Gasteiger partial charge on any atom is 0.246 e. The van der Waals surface area contributed by atoms with E-state index in [2.05, 4.69) is 5.32 Å². The lowest BCUT2D eigenvalue weighted by atomic mass is 10.3. The molecule has 0 spiro atoms. The average molecular weight is 402 g/mol. The number of sulfonamides is 1. The third-order valence-electron chi connectivity index (χ3n) is 4.25. The van der Waals surface area contributed by atoms with Crippen LogP contribution in [0.3, 0.4) is 0 Å². The van der Waals surface area contributed by atoms with E-state index in [9.17, 15) is 17.6 Å². The first kappa shape index (κ1) is 21.7. The van der Waals surface area contributed by atoms with Gasteiger partial charge in [0, 0.05) is 39.3 Å². The Morgan fingerprint density at radius 2 is 1.89 bits per heavy atom. The molecule has 0 radical (unpaired) electrons. The average Bonchev–Trinajstić information content (AvgIpc) is 2.62. The van der Waals surface area contributed by atoms with Crippen molar-refractivity contribution in [1.29, 1.82) is 0 Å². The van der Waals surface area contributed by atoms with Gasteiger partial charge in [-0.3, -0.25) is 9.69 Å². The Kier molecular flexibility index (Phi) is 8.15. The van der Waals surface area contributed by atoms with Gasteiger partial charge in [0.15, 0.2) is 0 Å². The fraction of sp³-hybridized carbons (Fsp3) is 0.611. The highest BCUT2D eigenvalue weighted by Gasteiger charge is 2.30. The van der Waals surface area contributed by atoms with Gasteiger partial charge in [-0.1, -0.05) is 12.1 Å². The van der Waals surface area contributed by atoms with Crippen molar-refractivity contribution in [3.05, 3.63) is 30.1 Å². The van der Waals surface area contributed by atoms with Crippen LogP contribution >= 0.6 is 0 Å². The number of nitrogens with zero attached hydrogens (tertiary/aromatic N) is 2. The predicted octanol–water partition coefficient (Wildman–Crippen LogP) is 1.06. The zero-order valence-electron chi connectivity index (χ0n) is 15.9. The van der Waals surface area contributed by atoms with Gasteiger partial charge < -0.3 is 10.1 Å². The number of carbonyl (C=O) groups is 1. The molecule has 0 aliphatic carbocycles. The zero-order valence-corrected chi connectivity index (χ0v) is 16.7. The van der Waals surface area contributed by atoms with E-state index in [1.165, 1.54) is 22.5 Å². The molecule has 27 heavy (non-hydrogen) atoms. The second-order valence-corrected chi connectivity index (χ2v) is 8.64. The van der Waals surface area contributed by atoms with E-state index >= 15 is 0 Å². The van der Waals surface area contributed by atoms with Gasteiger partial charge in [0.05, 0.1) is 12.6 Å². The molecule has 1 N–H and O–H groups in total. The minimum atomic E-state index is -3.85. The van der Waals surface area contributed by atoms with Gasteiger partial charge in [-0.25, -0.2) is 12.8 Å². The molecule has 9 heteroatoms. The van der Waals surface area contributed by atoms with Crippen molar-refractivity contribution in [2.45, 2.75) is 31.3 Å². The number of ether oxygens (including phenoxy) is 1. The summed E-state index contributed by atoms with van der Waals surface area (Å²) < 4.78 is 45.6. The smallest absolute Gasteiger partial charge is 0.246 e. The number of hydrogen-bond donors (Lipinski definition) is 1. The molecule has 1 saturated heterocycles. The standard InChI is InChI=1S/C18H28FN3O4S/c1-15(2)26-13-5-8-20-18(23)14-21-9-11-22(12-10-21)27(24,25)17-7-4-3-6-16(17)19/h3-4,6-7,15H,5,8-14H2,1-2H3,(H,20,23). The second-order valence-electron chi connectivity index (χ2n) is 6.73. The second kappa shape index (κ2) is 10.1. The number of hydrogen-bond acceptors (Lipinski definition) is 5. The van der Waals surface area contributed by atoms with Crippen LogP contribution in [-0.2, 0) is 19.6 Å². The van der Waals surface area contributed by atoms with Crippen LogP contribution in [0.4, 0.5) is 4.39 Å². The van der Waals surface area contributed by atoms with Crippen LogP contribution in [0.25, 0.3) is 0 Å². The molecule has 7 nitrogen and oxygen atoms in total. The molecular formula is C18H28FN3O4S. The molecule has 1 fully saturated rings. The Hall–Kier alpha value is -1.55. The summed E-state index contributed by atoms with van der Waals surface area (Å²) in [6.07, 6.45) is 0.927. The van der Waals surface area contributed by atoms with E-state index in [-0.39, 0.29) is 36.5 Å². The minimum absolute atomic E-state index is 0.0926. The molecule has 0 saturated carbocycles. The van der Waals surface area contributed by atoms with Gasteiger partial charge in [0.25, 0.3) is 0 Å². The summed E-state index contributed by atoms with van der Waals surface area (Å²) in [5, 5.41) is 2.84. The highest BCUT2D eigenvalue weighted by molar-refractivity contribution is 7.89. The van der Waals surface area contributed by atoms with E-state index in [1.807, 2.05) is 18.7 Å². The van der Waals surface area contributed by atoms with Crippen molar-refractivity contribution in [2.24, 2.45) is 0 Å². The number of halogens is 1. The molecule has 0 bridgehead atoms. The fourth-order valence-electron chi connectivity index (χ4n) is 2.80. The van der Waals surface area contributed by atoms with Crippen molar-refractivity contribution in [1.82, 2.24) is 14.5 Å². The summed E-state index contributed by atoms with van der Waals surface area (Å²) in [5.74, 6) is -0.842. The lowest BCUT2D eigenvalue weighted by molar-refractivity contribution is -0.122. The maximum absolute atomic E-state index is 13.8. The third kappa shape index (κ3) is 6.53. The highest BCUT2D eigenvalue weighted by atomic mass is 32.2.